The Kier molecular flexibility index (Phi) is 31.4. The second-order valence-electron chi connectivity index (χ2n) is 6.11. The van der Waals surface area contributed by atoms with Gasteiger partial charge in [0.1, 0.15) is 0 Å². The predicted molar refractivity (Wildman–Crippen MR) is 128 cm³/mol. The zero-order valence-corrected chi connectivity index (χ0v) is 21.1. The SMILES string of the molecule is C=C(CCCC[SiH](OC)OC)C(=O)O.C=C(CCCC[SiH](OC)OC)C(=O)O.Cl.[NaH]. The first-order valence-electron chi connectivity index (χ1n) is 9.16. The van der Waals surface area contributed by atoms with Gasteiger partial charge in [0.15, 0.2) is 0 Å². The van der Waals surface area contributed by atoms with Gasteiger partial charge >= 0.3 is 60.1 Å². The van der Waals surface area contributed by atoms with Gasteiger partial charge in [-0.1, -0.05) is 26.0 Å². The minimum absolute atomic E-state index is 0. The molecule has 0 heterocycles. The van der Waals surface area contributed by atoms with E-state index < -0.39 is 30.5 Å². The number of aliphatic carboxylic acids is 2. The topological polar surface area (TPSA) is 112 Å². The van der Waals surface area contributed by atoms with Crippen molar-refractivity contribution in [3.05, 3.63) is 24.3 Å². The van der Waals surface area contributed by atoms with Crippen LogP contribution in [0, 0.1) is 0 Å². The summed E-state index contributed by atoms with van der Waals surface area (Å²) in [5.74, 6) is -1.81. The molecule has 0 saturated carbocycles. The van der Waals surface area contributed by atoms with Crippen LogP contribution in [0.15, 0.2) is 24.3 Å². The molecule has 0 bridgehead atoms. The van der Waals surface area contributed by atoms with Gasteiger partial charge in [-0.25, -0.2) is 9.59 Å². The fourth-order valence-electron chi connectivity index (χ4n) is 2.18. The third-order valence-corrected chi connectivity index (χ3v) is 7.86. The summed E-state index contributed by atoms with van der Waals surface area (Å²) in [6.45, 7) is 6.92. The van der Waals surface area contributed by atoms with E-state index in [0.29, 0.717) is 12.8 Å². The molecule has 0 aromatic rings. The second kappa shape index (κ2) is 25.2. The van der Waals surface area contributed by atoms with Gasteiger partial charge in [-0.3, -0.25) is 0 Å². The van der Waals surface area contributed by atoms with Crippen molar-refractivity contribution in [1.29, 1.82) is 0 Å². The van der Waals surface area contributed by atoms with Gasteiger partial charge in [-0.15, -0.1) is 12.4 Å². The summed E-state index contributed by atoms with van der Waals surface area (Å²) in [5, 5.41) is 17.1. The molecule has 0 aliphatic rings. The molecule has 12 heteroatoms. The molecule has 0 rings (SSSR count). The molecule has 8 nitrogen and oxygen atoms in total. The predicted octanol–water partition coefficient (Wildman–Crippen LogP) is 2.39. The fraction of sp³-hybridized carbons (Fsp3) is 0.667. The molecule has 0 saturated heterocycles. The van der Waals surface area contributed by atoms with Crippen LogP contribution in [0.2, 0.25) is 12.1 Å². The van der Waals surface area contributed by atoms with Gasteiger partial charge in [0.2, 0.25) is 0 Å². The summed E-state index contributed by atoms with van der Waals surface area (Å²) in [7, 11) is 3.68. The van der Waals surface area contributed by atoms with Crippen molar-refractivity contribution in [2.24, 2.45) is 0 Å². The van der Waals surface area contributed by atoms with Crippen LogP contribution in [-0.4, -0.2) is 98.7 Å². The Morgan fingerprint density at radius 3 is 1.17 bits per heavy atom. The van der Waals surface area contributed by atoms with Crippen LogP contribution in [0.25, 0.3) is 0 Å². The van der Waals surface area contributed by atoms with Crippen LogP contribution in [0.3, 0.4) is 0 Å². The zero-order chi connectivity index (χ0) is 21.9. The molecule has 174 valence electrons. The van der Waals surface area contributed by atoms with E-state index in [1.807, 2.05) is 0 Å². The first kappa shape index (κ1) is 37.3. The number of carboxylic acids is 2. The Morgan fingerprint density at radius 1 is 0.700 bits per heavy atom. The number of hydrogen-bond donors (Lipinski definition) is 2. The van der Waals surface area contributed by atoms with Crippen molar-refractivity contribution in [3.8, 4) is 0 Å². The molecule has 0 radical (unpaired) electrons. The molecule has 0 unspecified atom stereocenters. The van der Waals surface area contributed by atoms with Gasteiger partial charge in [0.05, 0.1) is 0 Å². The molecule has 0 spiro atoms. The van der Waals surface area contributed by atoms with Crippen molar-refractivity contribution in [1.82, 2.24) is 0 Å². The van der Waals surface area contributed by atoms with Gasteiger partial charge in [0, 0.05) is 39.6 Å². The molecule has 0 aromatic heterocycles. The molecule has 2 N–H and O–H groups in total. The van der Waals surface area contributed by atoms with Crippen LogP contribution >= 0.6 is 12.4 Å². The van der Waals surface area contributed by atoms with Gasteiger partial charge < -0.3 is 27.9 Å². The number of halogens is 1. The van der Waals surface area contributed by atoms with Gasteiger partial charge in [-0.05, 0) is 37.8 Å². The Balaban J connectivity index is -0.000000211. The fourth-order valence-corrected chi connectivity index (χ4v) is 4.75. The Hall–Kier alpha value is -0.0162. The summed E-state index contributed by atoms with van der Waals surface area (Å²) in [6, 6.07) is 1.83. The molecule has 30 heavy (non-hydrogen) atoms. The van der Waals surface area contributed by atoms with E-state index in [1.54, 1.807) is 28.4 Å². The summed E-state index contributed by atoms with van der Waals surface area (Å²) in [6.07, 6.45) is 4.63. The van der Waals surface area contributed by atoms with E-state index in [2.05, 4.69) is 13.2 Å². The van der Waals surface area contributed by atoms with Crippen molar-refractivity contribution in [2.45, 2.75) is 50.6 Å². The molecule has 0 aliphatic carbocycles. The summed E-state index contributed by atoms with van der Waals surface area (Å²) < 4.78 is 20.5. The maximum atomic E-state index is 10.4. The summed E-state index contributed by atoms with van der Waals surface area (Å²) in [5.41, 5.74) is 0.552. The quantitative estimate of drug-likeness (QED) is 0.190. The molecule has 0 amide bonds. The molecular weight excluding hydrogens is 459 g/mol. The Bertz CT molecular complexity index is 433. The number of carboxylic acid groups (broad SMARTS) is 2. The Labute approximate surface area is 212 Å². The van der Waals surface area contributed by atoms with E-state index in [4.69, 9.17) is 27.9 Å². The normalized spacial score (nSPS) is 9.80. The molecule has 0 fully saturated rings. The van der Waals surface area contributed by atoms with Crippen molar-refractivity contribution >= 4 is 72.5 Å². The third kappa shape index (κ3) is 22.7. The van der Waals surface area contributed by atoms with E-state index in [0.717, 1.165) is 37.8 Å². The average molecular weight is 497 g/mol. The van der Waals surface area contributed by atoms with E-state index in [-0.39, 0.29) is 53.1 Å². The van der Waals surface area contributed by atoms with Crippen LogP contribution in [0.5, 0.6) is 0 Å². The Morgan fingerprint density at radius 2 is 0.967 bits per heavy atom. The molecular formula is C18H38ClNaO8Si2. The van der Waals surface area contributed by atoms with E-state index in [9.17, 15) is 9.59 Å². The van der Waals surface area contributed by atoms with Crippen molar-refractivity contribution < 1.29 is 37.5 Å². The van der Waals surface area contributed by atoms with Crippen LogP contribution in [-0.2, 0) is 27.3 Å². The molecule has 0 aliphatic heterocycles. The van der Waals surface area contributed by atoms with Gasteiger partial charge in [-0.2, -0.15) is 0 Å². The number of rotatable bonds is 16. The van der Waals surface area contributed by atoms with E-state index in [1.165, 1.54) is 0 Å². The van der Waals surface area contributed by atoms with Crippen LogP contribution < -0.4 is 0 Å². The maximum absolute atomic E-state index is 10.4. The van der Waals surface area contributed by atoms with E-state index >= 15 is 0 Å². The number of unbranched alkanes of at least 4 members (excludes halogenated alkanes) is 2. The minimum atomic E-state index is -1.46. The monoisotopic (exact) mass is 496 g/mol. The van der Waals surface area contributed by atoms with Gasteiger partial charge in [0.25, 0.3) is 0 Å². The van der Waals surface area contributed by atoms with Crippen LogP contribution in [0.1, 0.15) is 38.5 Å². The third-order valence-electron chi connectivity index (χ3n) is 3.99. The number of carbonyl (C=O) groups is 2. The van der Waals surface area contributed by atoms with Crippen LogP contribution in [0.4, 0.5) is 0 Å². The molecule has 0 aromatic carbocycles. The summed E-state index contributed by atoms with van der Waals surface area (Å²) >= 11 is 0. The molecule has 0 atom stereocenters. The zero-order valence-electron chi connectivity index (χ0n) is 18.0. The standard InChI is InChI=1S/2C9H18O4Si.ClH.Na.H/c2*1-8(9(10)11)6-4-5-7-14(12-2)13-3;;;/h2*14H,1,4-7H2,2-3H3,(H,10,11);1H;;. The average Bonchev–Trinajstić information content (AvgIpc) is 2.68. The first-order valence-corrected chi connectivity index (χ1v) is 12.7. The van der Waals surface area contributed by atoms with Crippen molar-refractivity contribution in [2.75, 3.05) is 28.4 Å². The number of hydrogen-bond acceptors (Lipinski definition) is 6. The first-order chi connectivity index (χ1) is 13.2. The second-order valence-corrected chi connectivity index (χ2v) is 10.9. The summed E-state index contributed by atoms with van der Waals surface area (Å²) in [4.78, 5) is 20.8. The van der Waals surface area contributed by atoms with Crippen molar-refractivity contribution in [3.63, 3.8) is 0 Å².